The molecule has 11 atom stereocenters. The first kappa shape index (κ1) is 60.4. The van der Waals surface area contributed by atoms with Crippen molar-refractivity contribution >= 4 is 18.7 Å². The monoisotopic (exact) mass is 1140 g/mol. The minimum absolute atomic E-state index is 0.133. The van der Waals surface area contributed by atoms with Crippen molar-refractivity contribution in [1.29, 1.82) is 0 Å². The largest absolute Gasteiger partial charge is 0.399 e. The van der Waals surface area contributed by atoms with Crippen molar-refractivity contribution in [3.8, 4) is 0 Å². The second-order valence-electron chi connectivity index (χ2n) is 23.0. The van der Waals surface area contributed by atoms with Crippen molar-refractivity contribution < 1.29 is 51.8 Å². The van der Waals surface area contributed by atoms with E-state index in [9.17, 15) is 0 Å². The van der Waals surface area contributed by atoms with Crippen LogP contribution in [0.1, 0.15) is 100 Å². The van der Waals surface area contributed by atoms with E-state index >= 15 is 0 Å². The van der Waals surface area contributed by atoms with Gasteiger partial charge in [0.15, 0.2) is 18.9 Å². The molecule has 1 unspecified atom stereocenters. The van der Waals surface area contributed by atoms with E-state index in [0.717, 1.165) is 57.5 Å². The zero-order valence-electron chi connectivity index (χ0n) is 48.7. The molecule has 3 aliphatic heterocycles. The van der Waals surface area contributed by atoms with Gasteiger partial charge < -0.3 is 51.8 Å². The van der Waals surface area contributed by atoms with Crippen LogP contribution >= 0.6 is 0 Å². The molecule has 0 radical (unpaired) electrons. The van der Waals surface area contributed by atoms with Gasteiger partial charge in [-0.05, 0) is 44.1 Å². The summed E-state index contributed by atoms with van der Waals surface area (Å²) < 4.78 is 80.0. The lowest BCUT2D eigenvalue weighted by Crippen LogP contribution is -2.73. The third-order valence-corrected chi connectivity index (χ3v) is 21.0. The molecule has 0 amide bonds. The molecule has 3 heterocycles. The van der Waals surface area contributed by atoms with Gasteiger partial charge in [0.05, 0.1) is 39.6 Å². The fourth-order valence-electron chi connectivity index (χ4n) is 11.7. The Hall–Kier alpha value is -5.68. The highest BCUT2D eigenvalue weighted by Crippen LogP contribution is 2.44. The summed E-state index contributed by atoms with van der Waals surface area (Å²) in [6.07, 6.45) is -2.22. The van der Waals surface area contributed by atoms with Crippen LogP contribution in [0.3, 0.4) is 0 Å². The molecule has 7 aromatic rings. The van der Waals surface area contributed by atoms with Crippen molar-refractivity contribution in [3.05, 3.63) is 240 Å². The molecule has 3 aliphatic rings. The van der Waals surface area contributed by atoms with Crippen LogP contribution in [-0.4, -0.2) is 89.5 Å². The summed E-state index contributed by atoms with van der Waals surface area (Å²) in [5, 5.41) is 1.81. The normalized spacial score (nSPS) is 24.7. The molecular weight excluding hydrogens is 1060 g/mol. The molecule has 438 valence electrons. The highest BCUT2D eigenvalue weighted by molar-refractivity contribution is 6.99. The quantitative estimate of drug-likeness (QED) is 0.0346. The van der Waals surface area contributed by atoms with E-state index in [1.165, 1.54) is 19.3 Å². The Bertz CT molecular complexity index is 2870. The maximum Gasteiger partial charge on any atom is 0.261 e. The number of benzene rings is 7. The highest BCUT2D eigenvalue weighted by Gasteiger charge is 2.60. The van der Waals surface area contributed by atoms with Crippen LogP contribution < -0.4 is 10.4 Å². The van der Waals surface area contributed by atoms with Crippen LogP contribution in [0.15, 0.2) is 212 Å². The number of unbranched alkanes of at least 4 members (excludes halogenated alkanes) is 5. The Morgan fingerprint density at radius 1 is 0.446 bits per heavy atom. The standard InChI is InChI=1S/C71H84O11Si/c1-5-6-7-8-9-31-46-73-69-66(75-49-55-36-21-12-22-37-55)64(74-48-54-34-19-11-20-35-54)62(60(78-69)51-72-47-53-32-17-10-18-33-53)81-70-67(76-50-56-38-23-13-24-39-56)65(63-61(79-70)52-77-68(80-63)57-40-25-14-26-41-57)82-83(71(2,3)4,58-42-27-15-28-43-58)59-44-29-16-30-45-59/h10-30,32-45,60-70H,5-9,31,46-52H2,1-4H3/t60-,61-,62-,63-,64+,65+,66-,67+,68?,69-,70+/m1/s1. The van der Waals surface area contributed by atoms with Gasteiger partial charge in [-0.1, -0.05) is 272 Å². The van der Waals surface area contributed by atoms with Gasteiger partial charge in [-0.15, -0.1) is 0 Å². The molecule has 0 aromatic heterocycles. The fourth-order valence-corrected chi connectivity index (χ4v) is 16.4. The maximum atomic E-state index is 8.32. The van der Waals surface area contributed by atoms with E-state index in [1.807, 2.05) is 103 Å². The molecule has 0 N–H and O–H groups in total. The Morgan fingerprint density at radius 2 is 0.904 bits per heavy atom. The van der Waals surface area contributed by atoms with Crippen LogP contribution in [0, 0.1) is 0 Å². The predicted octanol–water partition coefficient (Wildman–Crippen LogP) is 13.2. The minimum Gasteiger partial charge on any atom is -0.399 e. The number of fused-ring (bicyclic) bond motifs is 1. The average Bonchev–Trinajstić information content (AvgIpc) is 3.27. The van der Waals surface area contributed by atoms with Crippen molar-refractivity contribution in [3.63, 3.8) is 0 Å². The molecule has 12 heteroatoms. The van der Waals surface area contributed by atoms with Crippen molar-refractivity contribution in [1.82, 2.24) is 0 Å². The summed E-state index contributed by atoms with van der Waals surface area (Å²) in [6, 6.07) is 72.2. The second kappa shape index (κ2) is 30.4. The number of hydrogen-bond donors (Lipinski definition) is 0. The van der Waals surface area contributed by atoms with Gasteiger partial charge in [-0.2, -0.15) is 0 Å². The predicted molar refractivity (Wildman–Crippen MR) is 325 cm³/mol. The lowest BCUT2D eigenvalue weighted by atomic mass is 9.95. The summed E-state index contributed by atoms with van der Waals surface area (Å²) in [6.45, 7) is 11.0. The van der Waals surface area contributed by atoms with Gasteiger partial charge >= 0.3 is 0 Å². The zero-order chi connectivity index (χ0) is 57.1. The molecule has 3 saturated heterocycles. The van der Waals surface area contributed by atoms with Gasteiger partial charge in [0.1, 0.15) is 48.8 Å². The molecule has 10 rings (SSSR count). The maximum absolute atomic E-state index is 8.32. The first-order valence-electron chi connectivity index (χ1n) is 30.0. The number of ether oxygens (including phenoxy) is 10. The van der Waals surface area contributed by atoms with Gasteiger partial charge in [-0.3, -0.25) is 0 Å². The third kappa shape index (κ3) is 15.8. The first-order chi connectivity index (χ1) is 40.8. The molecule has 0 bridgehead atoms. The van der Waals surface area contributed by atoms with Crippen LogP contribution in [0.4, 0.5) is 0 Å². The lowest BCUT2D eigenvalue weighted by Gasteiger charge is -2.54. The Kier molecular flexibility index (Phi) is 22.1. The summed E-state index contributed by atoms with van der Waals surface area (Å²) >= 11 is 0. The lowest BCUT2D eigenvalue weighted by molar-refractivity contribution is -0.392. The van der Waals surface area contributed by atoms with Crippen LogP contribution in [0.25, 0.3) is 0 Å². The smallest absolute Gasteiger partial charge is 0.261 e. The summed E-state index contributed by atoms with van der Waals surface area (Å²) in [5.74, 6) is 0. The highest BCUT2D eigenvalue weighted by atomic mass is 28.4. The second-order valence-corrected chi connectivity index (χ2v) is 27.3. The van der Waals surface area contributed by atoms with Crippen LogP contribution in [-0.2, 0) is 78.2 Å². The molecule has 0 saturated carbocycles. The van der Waals surface area contributed by atoms with Crippen molar-refractivity contribution in [2.45, 2.75) is 165 Å². The minimum atomic E-state index is -3.38. The SMILES string of the molecule is CCCCCCCCO[C@@H]1O[C@H](COCc2ccccc2)[C@@H](O[C@@H]2O[C@@H]3COC(c4ccccc4)O[C@H]3[C@H](O[Si](c3ccccc3)(c3ccccc3)C(C)(C)C)[C@@H]2OCc2ccccc2)[C@H](OCc2ccccc2)[C@H]1OCc1ccccc1. The fraction of sp³-hybridized carbons (Fsp3) is 0.408. The summed E-state index contributed by atoms with van der Waals surface area (Å²) in [4.78, 5) is 0. The Labute approximate surface area is 493 Å². The third-order valence-electron chi connectivity index (χ3n) is 16.0. The molecular formula is C71H84O11Si. The molecule has 0 aliphatic carbocycles. The molecule has 3 fully saturated rings. The number of hydrogen-bond acceptors (Lipinski definition) is 11. The van der Waals surface area contributed by atoms with E-state index < -0.39 is 81.1 Å². The average molecular weight is 1140 g/mol. The van der Waals surface area contributed by atoms with E-state index in [-0.39, 0.29) is 33.0 Å². The van der Waals surface area contributed by atoms with E-state index in [4.69, 9.17) is 51.8 Å². The van der Waals surface area contributed by atoms with Crippen LogP contribution in [0.5, 0.6) is 0 Å². The Balaban J connectivity index is 1.09. The molecule has 11 nitrogen and oxygen atoms in total. The van der Waals surface area contributed by atoms with Crippen molar-refractivity contribution in [2.75, 3.05) is 19.8 Å². The molecule has 7 aromatic carbocycles. The van der Waals surface area contributed by atoms with Gasteiger partial charge in [0.25, 0.3) is 8.32 Å². The zero-order valence-corrected chi connectivity index (χ0v) is 49.7. The van der Waals surface area contributed by atoms with Crippen LogP contribution in [0.2, 0.25) is 5.04 Å². The first-order valence-corrected chi connectivity index (χ1v) is 32.0. The summed E-state index contributed by atoms with van der Waals surface area (Å²) in [7, 11) is -3.38. The van der Waals surface area contributed by atoms with Gasteiger partial charge in [0, 0.05) is 12.2 Å². The number of rotatable bonds is 28. The molecule has 83 heavy (non-hydrogen) atoms. The van der Waals surface area contributed by atoms with Crippen molar-refractivity contribution in [2.24, 2.45) is 0 Å². The van der Waals surface area contributed by atoms with E-state index in [1.54, 1.807) is 0 Å². The molecule has 0 spiro atoms. The topological polar surface area (TPSA) is 102 Å². The van der Waals surface area contributed by atoms with E-state index in [0.29, 0.717) is 13.2 Å². The Morgan fingerprint density at radius 3 is 1.42 bits per heavy atom. The van der Waals surface area contributed by atoms with Gasteiger partial charge in [0.2, 0.25) is 0 Å². The van der Waals surface area contributed by atoms with Gasteiger partial charge in [-0.25, -0.2) is 0 Å². The van der Waals surface area contributed by atoms with E-state index in [2.05, 4.69) is 137 Å². The summed E-state index contributed by atoms with van der Waals surface area (Å²) in [5.41, 5.74) is 4.89.